The van der Waals surface area contributed by atoms with Crippen molar-refractivity contribution in [1.29, 1.82) is 5.26 Å². The van der Waals surface area contributed by atoms with Gasteiger partial charge < -0.3 is 5.11 Å². The standard InChI is InChI=1S/C8H6N2O2/c9-5-7-6(4-8(11)12)2-1-3-10-7/h1-3H,4H2,(H,11,12). The zero-order chi connectivity index (χ0) is 8.97. The number of aromatic nitrogens is 1. The first-order valence-electron chi connectivity index (χ1n) is 3.30. The fraction of sp³-hybridized carbons (Fsp3) is 0.125. The summed E-state index contributed by atoms with van der Waals surface area (Å²) in [5.41, 5.74) is 0.632. The summed E-state index contributed by atoms with van der Waals surface area (Å²) in [6.07, 6.45) is 1.31. The average Bonchev–Trinajstić information content (AvgIpc) is 2.04. The number of carboxylic acid groups (broad SMARTS) is 1. The Kier molecular flexibility index (Phi) is 2.38. The third kappa shape index (κ3) is 1.80. The molecule has 0 aliphatic rings. The molecule has 0 bridgehead atoms. The molecule has 1 rings (SSSR count). The van der Waals surface area contributed by atoms with Crippen molar-refractivity contribution in [2.24, 2.45) is 0 Å². The molecule has 0 aliphatic heterocycles. The van der Waals surface area contributed by atoms with Crippen LogP contribution in [0.4, 0.5) is 0 Å². The number of pyridine rings is 1. The molecular weight excluding hydrogens is 156 g/mol. The second-order valence-electron chi connectivity index (χ2n) is 2.19. The van der Waals surface area contributed by atoms with Crippen molar-refractivity contribution >= 4 is 5.97 Å². The van der Waals surface area contributed by atoms with Crippen molar-refractivity contribution < 1.29 is 9.90 Å². The molecule has 0 aromatic carbocycles. The van der Waals surface area contributed by atoms with E-state index in [1.165, 1.54) is 6.20 Å². The van der Waals surface area contributed by atoms with Crippen molar-refractivity contribution in [3.05, 3.63) is 29.6 Å². The van der Waals surface area contributed by atoms with Crippen molar-refractivity contribution in [1.82, 2.24) is 4.98 Å². The summed E-state index contributed by atoms with van der Waals surface area (Å²) < 4.78 is 0. The van der Waals surface area contributed by atoms with Crippen LogP contribution in [0, 0.1) is 11.3 Å². The lowest BCUT2D eigenvalue weighted by Gasteiger charge is -1.96. The highest BCUT2D eigenvalue weighted by Crippen LogP contribution is 2.04. The van der Waals surface area contributed by atoms with Crippen molar-refractivity contribution in [3.8, 4) is 6.07 Å². The molecule has 0 atom stereocenters. The van der Waals surface area contributed by atoms with Gasteiger partial charge in [0.05, 0.1) is 6.42 Å². The third-order valence-electron chi connectivity index (χ3n) is 1.34. The summed E-state index contributed by atoms with van der Waals surface area (Å²) in [6, 6.07) is 5.02. The van der Waals surface area contributed by atoms with E-state index >= 15 is 0 Å². The first-order valence-corrected chi connectivity index (χ1v) is 3.30. The number of hydrogen-bond donors (Lipinski definition) is 1. The van der Waals surface area contributed by atoms with Gasteiger partial charge in [-0.2, -0.15) is 5.26 Å². The quantitative estimate of drug-likeness (QED) is 0.690. The first kappa shape index (κ1) is 8.21. The summed E-state index contributed by atoms with van der Waals surface area (Å²) in [7, 11) is 0. The molecule has 1 aromatic heterocycles. The predicted octanol–water partition coefficient (Wildman–Crippen LogP) is 0.580. The number of aliphatic carboxylic acids is 1. The van der Waals surface area contributed by atoms with Crippen LogP contribution < -0.4 is 0 Å². The van der Waals surface area contributed by atoms with Gasteiger partial charge in [-0.1, -0.05) is 6.07 Å². The number of carboxylic acids is 1. The van der Waals surface area contributed by atoms with Crippen molar-refractivity contribution in [2.45, 2.75) is 6.42 Å². The van der Waals surface area contributed by atoms with E-state index in [0.717, 1.165) is 0 Å². The lowest BCUT2D eigenvalue weighted by Crippen LogP contribution is -2.02. The maximum atomic E-state index is 10.3. The van der Waals surface area contributed by atoms with Gasteiger partial charge in [0, 0.05) is 6.20 Å². The van der Waals surface area contributed by atoms with E-state index in [0.29, 0.717) is 5.56 Å². The van der Waals surface area contributed by atoms with Gasteiger partial charge in [0.2, 0.25) is 0 Å². The zero-order valence-electron chi connectivity index (χ0n) is 6.19. The fourth-order valence-electron chi connectivity index (χ4n) is 0.845. The molecular formula is C8H6N2O2. The normalized spacial score (nSPS) is 8.92. The molecule has 1 N–H and O–H groups in total. The molecule has 0 saturated carbocycles. The lowest BCUT2D eigenvalue weighted by atomic mass is 10.1. The van der Waals surface area contributed by atoms with E-state index in [4.69, 9.17) is 10.4 Å². The number of rotatable bonds is 2. The molecule has 4 nitrogen and oxygen atoms in total. The second kappa shape index (κ2) is 3.49. The first-order chi connectivity index (χ1) is 5.74. The van der Waals surface area contributed by atoms with E-state index in [2.05, 4.69) is 4.98 Å². The van der Waals surface area contributed by atoms with Crippen LogP contribution >= 0.6 is 0 Å². The highest BCUT2D eigenvalue weighted by atomic mass is 16.4. The fourth-order valence-corrected chi connectivity index (χ4v) is 0.845. The molecule has 0 aliphatic carbocycles. The Morgan fingerprint density at radius 2 is 2.50 bits per heavy atom. The predicted molar refractivity (Wildman–Crippen MR) is 40.3 cm³/mol. The van der Waals surface area contributed by atoms with Crippen LogP contribution in [-0.2, 0) is 11.2 Å². The van der Waals surface area contributed by atoms with Gasteiger partial charge in [0.1, 0.15) is 11.8 Å². The lowest BCUT2D eigenvalue weighted by molar-refractivity contribution is -0.136. The van der Waals surface area contributed by atoms with E-state index in [1.54, 1.807) is 12.1 Å². The molecule has 4 heteroatoms. The Labute approximate surface area is 69.1 Å². The number of hydrogen-bond acceptors (Lipinski definition) is 3. The van der Waals surface area contributed by atoms with Crippen LogP contribution in [-0.4, -0.2) is 16.1 Å². The molecule has 60 valence electrons. The molecule has 0 unspecified atom stereocenters. The molecule has 1 aromatic rings. The number of nitriles is 1. The maximum absolute atomic E-state index is 10.3. The monoisotopic (exact) mass is 162 g/mol. The van der Waals surface area contributed by atoms with Crippen molar-refractivity contribution in [3.63, 3.8) is 0 Å². The summed E-state index contributed by atoms with van der Waals surface area (Å²) >= 11 is 0. The minimum Gasteiger partial charge on any atom is -0.481 e. The molecule has 0 amide bonds. The Hall–Kier alpha value is -1.89. The Balaban J connectivity index is 2.99. The average molecular weight is 162 g/mol. The van der Waals surface area contributed by atoms with Crippen molar-refractivity contribution in [2.75, 3.05) is 0 Å². The summed E-state index contributed by atoms with van der Waals surface area (Å²) in [5, 5.41) is 17.0. The maximum Gasteiger partial charge on any atom is 0.307 e. The van der Waals surface area contributed by atoms with Gasteiger partial charge in [-0.25, -0.2) is 4.98 Å². The number of carbonyl (C=O) groups is 1. The summed E-state index contributed by atoms with van der Waals surface area (Å²) in [6.45, 7) is 0. The molecule has 0 fully saturated rings. The molecule has 0 radical (unpaired) electrons. The Morgan fingerprint density at radius 3 is 3.08 bits per heavy atom. The SMILES string of the molecule is N#Cc1ncccc1CC(=O)O. The van der Waals surface area contributed by atoms with Crippen LogP contribution in [0.2, 0.25) is 0 Å². The van der Waals surface area contributed by atoms with Crippen LogP contribution in [0.3, 0.4) is 0 Å². The molecule has 1 heterocycles. The molecule has 12 heavy (non-hydrogen) atoms. The zero-order valence-corrected chi connectivity index (χ0v) is 6.19. The van der Waals surface area contributed by atoms with E-state index in [-0.39, 0.29) is 12.1 Å². The highest BCUT2D eigenvalue weighted by molar-refractivity contribution is 5.70. The minimum absolute atomic E-state index is 0.156. The highest BCUT2D eigenvalue weighted by Gasteiger charge is 2.05. The largest absolute Gasteiger partial charge is 0.481 e. The Bertz CT molecular complexity index is 341. The van der Waals surface area contributed by atoms with Gasteiger partial charge >= 0.3 is 5.97 Å². The number of nitrogens with zero attached hydrogens (tertiary/aromatic N) is 2. The van der Waals surface area contributed by atoms with Gasteiger partial charge in [-0.3, -0.25) is 4.79 Å². The minimum atomic E-state index is -0.959. The topological polar surface area (TPSA) is 74.0 Å². The smallest absolute Gasteiger partial charge is 0.307 e. The summed E-state index contributed by atoms with van der Waals surface area (Å²) in [4.78, 5) is 14.0. The van der Waals surface area contributed by atoms with Crippen LogP contribution in [0.1, 0.15) is 11.3 Å². The van der Waals surface area contributed by atoms with Gasteiger partial charge in [-0.15, -0.1) is 0 Å². The van der Waals surface area contributed by atoms with Crippen LogP contribution in [0.5, 0.6) is 0 Å². The van der Waals surface area contributed by atoms with Crippen LogP contribution in [0.15, 0.2) is 18.3 Å². The van der Waals surface area contributed by atoms with E-state index in [1.807, 2.05) is 6.07 Å². The van der Waals surface area contributed by atoms with E-state index in [9.17, 15) is 4.79 Å². The molecule has 0 saturated heterocycles. The Morgan fingerprint density at radius 1 is 1.75 bits per heavy atom. The molecule has 0 spiro atoms. The second-order valence-corrected chi connectivity index (χ2v) is 2.19. The van der Waals surface area contributed by atoms with Gasteiger partial charge in [0.15, 0.2) is 0 Å². The van der Waals surface area contributed by atoms with E-state index < -0.39 is 5.97 Å². The third-order valence-corrected chi connectivity index (χ3v) is 1.34. The van der Waals surface area contributed by atoms with Gasteiger partial charge in [0.25, 0.3) is 0 Å². The summed E-state index contributed by atoms with van der Waals surface area (Å²) in [5.74, 6) is -0.959. The van der Waals surface area contributed by atoms with Crippen LogP contribution in [0.25, 0.3) is 0 Å². The van der Waals surface area contributed by atoms with Gasteiger partial charge in [-0.05, 0) is 11.6 Å².